The lowest BCUT2D eigenvalue weighted by Gasteiger charge is -2.01. The van der Waals surface area contributed by atoms with Gasteiger partial charge in [-0.25, -0.2) is 0 Å². The summed E-state index contributed by atoms with van der Waals surface area (Å²) in [5.41, 5.74) is 1.57. The molecule has 22 heavy (non-hydrogen) atoms. The van der Waals surface area contributed by atoms with E-state index in [1.54, 1.807) is 42.5 Å². The highest BCUT2D eigenvalue weighted by Crippen LogP contribution is 2.23. The average molecular weight is 333 g/mol. The van der Waals surface area contributed by atoms with Gasteiger partial charge in [0.05, 0.1) is 5.56 Å². The van der Waals surface area contributed by atoms with Gasteiger partial charge in [0.25, 0.3) is 9.75 Å². The van der Waals surface area contributed by atoms with Crippen molar-refractivity contribution < 1.29 is 14.5 Å². The maximum atomic E-state index is 12.2. The zero-order valence-electron chi connectivity index (χ0n) is 11.6. The van der Waals surface area contributed by atoms with Gasteiger partial charge in [0, 0.05) is 18.0 Å². The largest absolute Gasteiger partial charge is 0.427 e. The third kappa shape index (κ3) is 3.00. The summed E-state index contributed by atoms with van der Waals surface area (Å²) in [6.07, 6.45) is 0. The van der Waals surface area contributed by atoms with Gasteiger partial charge >= 0.3 is 5.97 Å². The van der Waals surface area contributed by atoms with Crippen LogP contribution in [0.25, 0.3) is 21.5 Å². The first-order chi connectivity index (χ1) is 10.5. The van der Waals surface area contributed by atoms with Crippen molar-refractivity contribution in [3.05, 3.63) is 57.0 Å². The second-order valence-corrected chi connectivity index (χ2v) is 6.07. The Morgan fingerprint density at radius 1 is 1.18 bits per heavy atom. The van der Waals surface area contributed by atoms with Gasteiger partial charge in [0.1, 0.15) is 11.1 Å². The fourth-order valence-corrected chi connectivity index (χ4v) is 3.11. The van der Waals surface area contributed by atoms with Gasteiger partial charge in [0.15, 0.2) is 0 Å². The van der Waals surface area contributed by atoms with E-state index >= 15 is 0 Å². The topological polar surface area (TPSA) is 57.5 Å². The van der Waals surface area contributed by atoms with E-state index < -0.39 is 0 Å². The van der Waals surface area contributed by atoms with E-state index in [-0.39, 0.29) is 10.7 Å². The normalized spacial score (nSPS) is 10.6. The number of esters is 1. The Balaban J connectivity index is 2.05. The van der Waals surface area contributed by atoms with Crippen LogP contribution in [0, 0.1) is 0 Å². The number of carbonyl (C=O) groups is 1. The number of aromatic nitrogens is 1. The predicted octanol–water partition coefficient (Wildman–Crippen LogP) is 3.32. The van der Waals surface area contributed by atoms with Crippen molar-refractivity contribution in [1.29, 1.82) is 0 Å². The van der Waals surface area contributed by atoms with Gasteiger partial charge in [-0.05, 0) is 47.7 Å². The maximum absolute atomic E-state index is 12.2. The summed E-state index contributed by atoms with van der Waals surface area (Å²) in [7, 11) is 0. The van der Waals surface area contributed by atoms with Crippen LogP contribution >= 0.6 is 22.9 Å². The third-order valence-corrected chi connectivity index (χ3v) is 4.20. The number of carbonyl (C=O) groups excluding carboxylic acids is 1. The lowest BCUT2D eigenvalue weighted by Crippen LogP contribution is -2.12. The van der Waals surface area contributed by atoms with E-state index in [1.165, 1.54) is 6.92 Å². The highest BCUT2D eigenvalue weighted by molar-refractivity contribution is 7.12. The summed E-state index contributed by atoms with van der Waals surface area (Å²) in [5.74, 6) is 0.0997. The summed E-state index contributed by atoms with van der Waals surface area (Å²) in [5, 5.41) is 1.83. The molecule has 1 heterocycles. The number of H-pyrrole nitrogens is 1. The minimum absolute atomic E-state index is 0.0599. The molecule has 2 aromatic carbocycles. The van der Waals surface area contributed by atoms with Crippen LogP contribution in [0.15, 0.2) is 47.3 Å². The standard InChI is InChI=1S/C16H10ClNO3S/c1-9(19)21-12-5-2-10(3-6-12)15-18-14-7-4-11(17)8-13(14)16(20)22-15/h2-8H,1H3/p+1. The summed E-state index contributed by atoms with van der Waals surface area (Å²) in [6.45, 7) is 1.35. The van der Waals surface area contributed by atoms with Gasteiger partial charge in [0.2, 0.25) is 5.52 Å². The molecule has 0 aliphatic carbocycles. The maximum Gasteiger partial charge on any atom is 0.308 e. The number of halogens is 1. The van der Waals surface area contributed by atoms with Gasteiger partial charge in [-0.3, -0.25) is 9.59 Å². The van der Waals surface area contributed by atoms with E-state index in [9.17, 15) is 9.59 Å². The van der Waals surface area contributed by atoms with Gasteiger partial charge in [-0.1, -0.05) is 11.6 Å². The van der Waals surface area contributed by atoms with Crippen molar-refractivity contribution in [3.8, 4) is 16.3 Å². The predicted molar refractivity (Wildman–Crippen MR) is 86.4 cm³/mol. The molecule has 3 rings (SSSR count). The molecule has 1 aromatic heterocycles. The highest BCUT2D eigenvalue weighted by atomic mass is 35.5. The first-order valence-electron chi connectivity index (χ1n) is 6.47. The van der Waals surface area contributed by atoms with Gasteiger partial charge < -0.3 is 4.74 Å². The summed E-state index contributed by atoms with van der Waals surface area (Å²) in [4.78, 5) is 26.3. The Morgan fingerprint density at radius 2 is 1.91 bits per heavy atom. The van der Waals surface area contributed by atoms with Crippen LogP contribution in [0.5, 0.6) is 5.75 Å². The van der Waals surface area contributed by atoms with Crippen LogP contribution in [-0.4, -0.2) is 5.97 Å². The lowest BCUT2D eigenvalue weighted by molar-refractivity contribution is -0.326. The van der Waals surface area contributed by atoms with Crippen LogP contribution in [0.4, 0.5) is 0 Å². The van der Waals surface area contributed by atoms with Crippen LogP contribution < -0.4 is 14.5 Å². The quantitative estimate of drug-likeness (QED) is 0.534. The van der Waals surface area contributed by atoms with E-state index in [0.29, 0.717) is 16.2 Å². The van der Waals surface area contributed by atoms with E-state index in [2.05, 4.69) is 4.98 Å². The molecule has 0 unspecified atom stereocenters. The Morgan fingerprint density at radius 3 is 2.59 bits per heavy atom. The van der Waals surface area contributed by atoms with E-state index in [0.717, 1.165) is 27.4 Å². The first kappa shape index (κ1) is 14.7. The van der Waals surface area contributed by atoms with Crippen molar-refractivity contribution >= 4 is 39.8 Å². The number of fused-ring (bicyclic) bond motifs is 1. The number of hydrogen-bond acceptors (Lipinski definition) is 4. The smallest absolute Gasteiger partial charge is 0.308 e. The molecule has 0 amide bonds. The molecule has 0 fully saturated rings. The molecule has 0 bridgehead atoms. The molecule has 0 saturated heterocycles. The molecule has 0 spiro atoms. The Hall–Kier alpha value is -2.24. The number of benzene rings is 2. The Bertz CT molecular complexity index is 919. The highest BCUT2D eigenvalue weighted by Gasteiger charge is 2.13. The molecule has 0 saturated carbocycles. The molecular weight excluding hydrogens is 322 g/mol. The van der Waals surface area contributed by atoms with Crippen molar-refractivity contribution in [1.82, 2.24) is 0 Å². The third-order valence-electron chi connectivity index (χ3n) is 3.02. The molecule has 0 radical (unpaired) electrons. The monoisotopic (exact) mass is 332 g/mol. The molecular formula is C16H11ClNO3S+. The van der Waals surface area contributed by atoms with Crippen LogP contribution in [0.3, 0.4) is 0 Å². The lowest BCUT2D eigenvalue weighted by atomic mass is 10.2. The Labute approximate surface area is 135 Å². The summed E-state index contributed by atoms with van der Waals surface area (Å²) in [6, 6.07) is 12.1. The number of hydrogen-bond donors (Lipinski definition) is 0. The minimum atomic E-state index is -0.369. The number of ether oxygens (including phenoxy) is 1. The average Bonchev–Trinajstić information content (AvgIpc) is 2.48. The van der Waals surface area contributed by atoms with Gasteiger partial charge in [-0.2, -0.15) is 4.98 Å². The van der Waals surface area contributed by atoms with E-state index in [4.69, 9.17) is 16.3 Å². The first-order valence-corrected chi connectivity index (χ1v) is 7.67. The van der Waals surface area contributed by atoms with Crippen LogP contribution in [0.2, 0.25) is 5.02 Å². The molecule has 1 N–H and O–H groups in total. The minimum Gasteiger partial charge on any atom is -0.427 e. The second kappa shape index (κ2) is 5.87. The molecule has 0 aliphatic heterocycles. The van der Waals surface area contributed by atoms with Crippen LogP contribution in [-0.2, 0) is 4.79 Å². The fraction of sp³-hybridized carbons (Fsp3) is 0.0625. The Kier molecular flexibility index (Phi) is 3.92. The van der Waals surface area contributed by atoms with Crippen LogP contribution in [0.1, 0.15) is 6.92 Å². The number of nitrogens with one attached hydrogen (secondary N) is 1. The SMILES string of the molecule is CC(=O)Oc1ccc(-c2[nH+]c3ccc(Cl)cc3c(=O)s2)cc1. The summed E-state index contributed by atoms with van der Waals surface area (Å²) < 4.78 is 4.93. The summed E-state index contributed by atoms with van der Waals surface area (Å²) >= 11 is 7.03. The zero-order chi connectivity index (χ0) is 15.7. The van der Waals surface area contributed by atoms with Gasteiger partial charge in [-0.15, -0.1) is 0 Å². The molecule has 3 aromatic rings. The van der Waals surface area contributed by atoms with Crippen molar-refractivity contribution in [2.75, 3.05) is 0 Å². The molecule has 0 aliphatic rings. The molecule has 0 atom stereocenters. The molecule has 110 valence electrons. The molecule has 4 nitrogen and oxygen atoms in total. The molecule has 6 heteroatoms. The number of aromatic amines is 1. The van der Waals surface area contributed by atoms with Crippen molar-refractivity contribution in [2.45, 2.75) is 6.92 Å². The zero-order valence-corrected chi connectivity index (χ0v) is 13.1. The van der Waals surface area contributed by atoms with Crippen molar-refractivity contribution in [2.24, 2.45) is 0 Å². The van der Waals surface area contributed by atoms with E-state index in [1.807, 2.05) is 0 Å². The second-order valence-electron chi connectivity index (χ2n) is 4.65. The fourth-order valence-electron chi connectivity index (χ4n) is 2.06. The van der Waals surface area contributed by atoms with Crippen molar-refractivity contribution in [3.63, 3.8) is 0 Å². The number of rotatable bonds is 2.